The van der Waals surface area contributed by atoms with Gasteiger partial charge in [0.05, 0.1) is 0 Å². The van der Waals surface area contributed by atoms with Crippen LogP contribution in [0.1, 0.15) is 18.3 Å². The molecular formula is C12H11N3. The number of aromatic nitrogens is 2. The summed E-state index contributed by atoms with van der Waals surface area (Å²) in [6.45, 7) is 2.08. The number of aryl methyl sites for hydroxylation is 1. The van der Waals surface area contributed by atoms with Crippen LogP contribution < -0.4 is 0 Å². The maximum atomic E-state index is 9.00. The fourth-order valence-corrected chi connectivity index (χ4v) is 1.64. The third kappa shape index (κ3) is 1.62. The first-order chi connectivity index (χ1) is 7.36. The predicted octanol–water partition coefficient (Wildman–Crippen LogP) is 2.31. The maximum absolute atomic E-state index is 9.00. The summed E-state index contributed by atoms with van der Waals surface area (Å²) in [5.41, 5.74) is 2.79. The van der Waals surface area contributed by atoms with Crippen molar-refractivity contribution in [1.82, 2.24) is 9.55 Å². The molecule has 0 spiro atoms. The first-order valence-electron chi connectivity index (χ1n) is 4.88. The molecule has 2 aromatic rings. The van der Waals surface area contributed by atoms with Crippen molar-refractivity contribution < 1.29 is 0 Å². The maximum Gasteiger partial charge on any atom is 0.125 e. The molecule has 0 N–H and O–H groups in total. The number of nitrogens with zero attached hydrogens (tertiary/aromatic N) is 3. The summed E-state index contributed by atoms with van der Waals surface area (Å²) < 4.78 is 1.96. The van der Waals surface area contributed by atoms with Crippen LogP contribution in [0.5, 0.6) is 0 Å². The Morgan fingerprint density at radius 1 is 1.27 bits per heavy atom. The molecule has 3 nitrogen and oxygen atoms in total. The van der Waals surface area contributed by atoms with Crippen LogP contribution in [0.15, 0.2) is 36.7 Å². The van der Waals surface area contributed by atoms with Gasteiger partial charge in [0, 0.05) is 23.8 Å². The highest BCUT2D eigenvalue weighted by Crippen LogP contribution is 2.16. The summed E-state index contributed by atoms with van der Waals surface area (Å²) >= 11 is 0. The van der Waals surface area contributed by atoms with Crippen molar-refractivity contribution in [1.29, 1.82) is 5.26 Å². The summed E-state index contributed by atoms with van der Waals surface area (Å²) in [6.07, 6.45) is 4.37. The SMILES string of the molecule is CCc1ccc(C#N)n1-c1ccncc1. The summed E-state index contributed by atoms with van der Waals surface area (Å²) in [4.78, 5) is 3.97. The Kier molecular flexibility index (Phi) is 2.51. The molecular weight excluding hydrogens is 186 g/mol. The molecule has 3 heteroatoms. The number of nitriles is 1. The Labute approximate surface area is 88.6 Å². The topological polar surface area (TPSA) is 41.6 Å². The van der Waals surface area contributed by atoms with Gasteiger partial charge < -0.3 is 4.57 Å². The molecule has 74 valence electrons. The van der Waals surface area contributed by atoms with Gasteiger partial charge in [0.1, 0.15) is 11.8 Å². The van der Waals surface area contributed by atoms with Crippen LogP contribution in [0, 0.1) is 11.3 Å². The van der Waals surface area contributed by atoms with Crippen molar-refractivity contribution >= 4 is 0 Å². The highest BCUT2D eigenvalue weighted by atomic mass is 15.0. The Balaban J connectivity index is 2.61. The van der Waals surface area contributed by atoms with Crippen molar-refractivity contribution in [3.05, 3.63) is 48.0 Å². The molecule has 0 aliphatic rings. The number of rotatable bonds is 2. The zero-order chi connectivity index (χ0) is 10.7. The smallest absolute Gasteiger partial charge is 0.125 e. The number of pyridine rings is 1. The molecule has 0 bridgehead atoms. The normalized spacial score (nSPS) is 9.87. The van der Waals surface area contributed by atoms with Gasteiger partial charge in [0.2, 0.25) is 0 Å². The van der Waals surface area contributed by atoms with Crippen molar-refractivity contribution in [2.24, 2.45) is 0 Å². The van der Waals surface area contributed by atoms with Crippen LogP contribution in [-0.2, 0) is 6.42 Å². The van der Waals surface area contributed by atoms with Crippen LogP contribution in [0.4, 0.5) is 0 Å². The van der Waals surface area contributed by atoms with E-state index in [2.05, 4.69) is 18.0 Å². The van der Waals surface area contributed by atoms with E-state index in [0.717, 1.165) is 17.8 Å². The van der Waals surface area contributed by atoms with Gasteiger partial charge >= 0.3 is 0 Å². The van der Waals surface area contributed by atoms with Crippen LogP contribution in [0.2, 0.25) is 0 Å². The quantitative estimate of drug-likeness (QED) is 0.741. The average molecular weight is 197 g/mol. The molecule has 0 unspecified atom stereocenters. The van der Waals surface area contributed by atoms with Gasteiger partial charge in [-0.2, -0.15) is 5.26 Å². The van der Waals surface area contributed by atoms with Crippen molar-refractivity contribution in [2.45, 2.75) is 13.3 Å². The van der Waals surface area contributed by atoms with E-state index in [9.17, 15) is 0 Å². The Bertz CT molecular complexity index is 491. The van der Waals surface area contributed by atoms with Gasteiger partial charge in [-0.25, -0.2) is 0 Å². The standard InChI is InChI=1S/C12H11N3/c1-2-10-3-4-12(9-13)15(10)11-5-7-14-8-6-11/h3-8H,2H2,1H3. The van der Waals surface area contributed by atoms with E-state index in [1.807, 2.05) is 28.8 Å². The monoisotopic (exact) mass is 197 g/mol. The van der Waals surface area contributed by atoms with E-state index in [1.54, 1.807) is 12.4 Å². The highest BCUT2D eigenvalue weighted by molar-refractivity contribution is 5.40. The fraction of sp³-hybridized carbons (Fsp3) is 0.167. The van der Waals surface area contributed by atoms with Gasteiger partial charge in [-0.3, -0.25) is 4.98 Å². The largest absolute Gasteiger partial charge is 0.305 e. The minimum absolute atomic E-state index is 0.665. The molecule has 2 heterocycles. The molecule has 0 aliphatic heterocycles. The lowest BCUT2D eigenvalue weighted by atomic mass is 10.3. The molecule has 0 saturated carbocycles. The third-order valence-electron chi connectivity index (χ3n) is 2.36. The Morgan fingerprint density at radius 2 is 2.00 bits per heavy atom. The molecule has 0 aliphatic carbocycles. The molecule has 0 radical (unpaired) electrons. The molecule has 0 atom stereocenters. The van der Waals surface area contributed by atoms with Gasteiger partial charge in [0.25, 0.3) is 0 Å². The molecule has 2 aromatic heterocycles. The van der Waals surface area contributed by atoms with E-state index >= 15 is 0 Å². The second-order valence-corrected chi connectivity index (χ2v) is 3.22. The lowest BCUT2D eigenvalue weighted by Crippen LogP contribution is -2.01. The fourth-order valence-electron chi connectivity index (χ4n) is 1.64. The van der Waals surface area contributed by atoms with Gasteiger partial charge in [-0.05, 0) is 30.7 Å². The van der Waals surface area contributed by atoms with Crippen molar-refractivity contribution in [3.8, 4) is 11.8 Å². The van der Waals surface area contributed by atoms with Crippen LogP contribution in [-0.4, -0.2) is 9.55 Å². The van der Waals surface area contributed by atoms with Crippen molar-refractivity contribution in [2.75, 3.05) is 0 Å². The predicted molar refractivity (Wildman–Crippen MR) is 57.7 cm³/mol. The number of hydrogen-bond donors (Lipinski definition) is 0. The summed E-state index contributed by atoms with van der Waals surface area (Å²) in [5, 5.41) is 9.00. The van der Waals surface area contributed by atoms with Crippen LogP contribution in [0.3, 0.4) is 0 Å². The zero-order valence-electron chi connectivity index (χ0n) is 8.51. The molecule has 0 aromatic carbocycles. The summed E-state index contributed by atoms with van der Waals surface area (Å²) in [7, 11) is 0. The van der Waals surface area contributed by atoms with Gasteiger partial charge in [0.15, 0.2) is 0 Å². The van der Waals surface area contributed by atoms with Gasteiger partial charge in [-0.1, -0.05) is 6.92 Å². The van der Waals surface area contributed by atoms with E-state index < -0.39 is 0 Å². The zero-order valence-corrected chi connectivity index (χ0v) is 8.51. The van der Waals surface area contributed by atoms with E-state index in [0.29, 0.717) is 5.69 Å². The van der Waals surface area contributed by atoms with Crippen molar-refractivity contribution in [3.63, 3.8) is 0 Å². The van der Waals surface area contributed by atoms with E-state index in [4.69, 9.17) is 5.26 Å². The molecule has 15 heavy (non-hydrogen) atoms. The van der Waals surface area contributed by atoms with E-state index in [1.165, 1.54) is 0 Å². The van der Waals surface area contributed by atoms with E-state index in [-0.39, 0.29) is 0 Å². The first-order valence-corrected chi connectivity index (χ1v) is 4.88. The number of hydrogen-bond acceptors (Lipinski definition) is 2. The second-order valence-electron chi connectivity index (χ2n) is 3.22. The molecule has 0 amide bonds. The van der Waals surface area contributed by atoms with Crippen LogP contribution >= 0.6 is 0 Å². The van der Waals surface area contributed by atoms with Crippen LogP contribution in [0.25, 0.3) is 5.69 Å². The minimum atomic E-state index is 0.665. The molecule has 0 fully saturated rings. The highest BCUT2D eigenvalue weighted by Gasteiger charge is 2.07. The molecule has 0 saturated heterocycles. The lowest BCUT2D eigenvalue weighted by Gasteiger charge is -2.08. The first kappa shape index (κ1) is 9.47. The average Bonchev–Trinajstić information content (AvgIpc) is 2.72. The Morgan fingerprint density at radius 3 is 2.60 bits per heavy atom. The third-order valence-corrected chi connectivity index (χ3v) is 2.36. The lowest BCUT2D eigenvalue weighted by molar-refractivity contribution is 0.921. The summed E-state index contributed by atoms with van der Waals surface area (Å²) in [5.74, 6) is 0. The Hall–Kier alpha value is -2.08. The van der Waals surface area contributed by atoms with Gasteiger partial charge in [-0.15, -0.1) is 0 Å². The molecule has 2 rings (SSSR count). The summed E-state index contributed by atoms with van der Waals surface area (Å²) in [6, 6.07) is 9.83. The minimum Gasteiger partial charge on any atom is -0.305 e. The second kappa shape index (κ2) is 3.97.